The second kappa shape index (κ2) is 5.22. The third-order valence-corrected chi connectivity index (χ3v) is 4.16. The number of H-pyrrole nitrogens is 1. The second-order valence-electron chi connectivity index (χ2n) is 4.92. The molecule has 3 aromatic rings. The van der Waals surface area contributed by atoms with E-state index in [0.29, 0.717) is 12.4 Å². The molecule has 0 unspecified atom stereocenters. The maximum atomic E-state index is 12.1. The van der Waals surface area contributed by atoms with Gasteiger partial charge in [0.15, 0.2) is 5.82 Å². The predicted molar refractivity (Wildman–Crippen MR) is 84.8 cm³/mol. The Morgan fingerprint density at radius 3 is 2.95 bits per heavy atom. The molecule has 0 saturated carbocycles. The van der Waals surface area contributed by atoms with Crippen LogP contribution in [0.4, 0.5) is 5.82 Å². The van der Waals surface area contributed by atoms with Gasteiger partial charge in [-0.05, 0) is 20.2 Å². The Morgan fingerprint density at radius 1 is 1.35 bits per heavy atom. The van der Waals surface area contributed by atoms with Crippen molar-refractivity contribution in [2.24, 2.45) is 0 Å². The number of thiophene rings is 1. The van der Waals surface area contributed by atoms with Gasteiger partial charge in [-0.1, -0.05) is 18.2 Å². The third-order valence-electron chi connectivity index (χ3n) is 3.10. The lowest BCUT2D eigenvalue weighted by atomic mass is 10.2. The SMILES string of the molecule is CN(C)CCNc1nc2sc3ccccc3c2[nH]c1=O. The zero-order valence-corrected chi connectivity index (χ0v) is 12.3. The standard InChI is InChI=1S/C14H16N4OS/c1-18(2)8-7-15-12-13(19)16-11-9-5-3-4-6-10(9)20-14(11)17-12/h3-6H,7-8H2,1-2H3,(H,15,17)(H,16,19). The summed E-state index contributed by atoms with van der Waals surface area (Å²) in [5.74, 6) is 0.394. The molecule has 0 spiro atoms. The summed E-state index contributed by atoms with van der Waals surface area (Å²) in [6.45, 7) is 1.55. The Morgan fingerprint density at radius 2 is 2.15 bits per heavy atom. The van der Waals surface area contributed by atoms with Crippen molar-refractivity contribution in [1.29, 1.82) is 0 Å². The van der Waals surface area contributed by atoms with Crippen LogP contribution in [-0.2, 0) is 0 Å². The summed E-state index contributed by atoms with van der Waals surface area (Å²) in [5, 5.41) is 4.14. The normalized spacial score (nSPS) is 11.6. The lowest BCUT2D eigenvalue weighted by Gasteiger charge is -2.10. The fourth-order valence-electron chi connectivity index (χ4n) is 2.07. The van der Waals surface area contributed by atoms with Crippen LogP contribution in [0.15, 0.2) is 29.1 Å². The third kappa shape index (κ3) is 2.39. The van der Waals surface area contributed by atoms with Crippen LogP contribution < -0.4 is 10.9 Å². The van der Waals surface area contributed by atoms with Crippen LogP contribution in [0.2, 0.25) is 0 Å². The number of likely N-dealkylation sites (N-methyl/N-ethyl adjacent to an activating group) is 1. The van der Waals surface area contributed by atoms with E-state index in [9.17, 15) is 4.79 Å². The highest BCUT2D eigenvalue weighted by molar-refractivity contribution is 7.25. The van der Waals surface area contributed by atoms with Gasteiger partial charge in [0.05, 0.1) is 5.52 Å². The average Bonchev–Trinajstić information content (AvgIpc) is 2.76. The molecule has 0 aliphatic carbocycles. The Bertz CT molecular complexity index is 806. The van der Waals surface area contributed by atoms with Gasteiger partial charge in [-0.25, -0.2) is 4.98 Å². The van der Waals surface area contributed by atoms with Gasteiger partial charge in [0.1, 0.15) is 4.83 Å². The van der Waals surface area contributed by atoms with Crippen molar-refractivity contribution in [3.63, 3.8) is 0 Å². The van der Waals surface area contributed by atoms with Crippen LogP contribution in [0, 0.1) is 0 Å². The number of fused-ring (bicyclic) bond motifs is 3. The number of aromatic amines is 1. The van der Waals surface area contributed by atoms with Gasteiger partial charge in [-0.2, -0.15) is 0 Å². The maximum absolute atomic E-state index is 12.1. The van der Waals surface area contributed by atoms with Gasteiger partial charge in [0.2, 0.25) is 0 Å². The number of rotatable bonds is 4. The Hall–Kier alpha value is -1.92. The first-order valence-corrected chi connectivity index (χ1v) is 7.27. The summed E-state index contributed by atoms with van der Waals surface area (Å²) >= 11 is 1.59. The van der Waals surface area contributed by atoms with E-state index in [-0.39, 0.29) is 5.56 Å². The second-order valence-corrected chi connectivity index (χ2v) is 5.95. The van der Waals surface area contributed by atoms with Crippen LogP contribution >= 0.6 is 11.3 Å². The molecule has 0 aliphatic rings. The summed E-state index contributed by atoms with van der Waals surface area (Å²) < 4.78 is 1.14. The number of benzene rings is 1. The lowest BCUT2D eigenvalue weighted by Crippen LogP contribution is -2.24. The van der Waals surface area contributed by atoms with Crippen LogP contribution in [0.5, 0.6) is 0 Å². The minimum Gasteiger partial charge on any atom is -0.364 e. The van der Waals surface area contributed by atoms with Crippen molar-refractivity contribution in [2.45, 2.75) is 0 Å². The highest BCUT2D eigenvalue weighted by Crippen LogP contribution is 2.30. The van der Waals surface area contributed by atoms with Crippen LogP contribution in [0.1, 0.15) is 0 Å². The van der Waals surface area contributed by atoms with Gasteiger partial charge in [0.25, 0.3) is 5.56 Å². The number of hydrogen-bond acceptors (Lipinski definition) is 5. The molecule has 5 nitrogen and oxygen atoms in total. The molecule has 20 heavy (non-hydrogen) atoms. The largest absolute Gasteiger partial charge is 0.364 e. The van der Waals surface area contributed by atoms with Gasteiger partial charge in [-0.15, -0.1) is 11.3 Å². The Kier molecular flexibility index (Phi) is 3.42. The smallest absolute Gasteiger partial charge is 0.291 e. The highest BCUT2D eigenvalue weighted by atomic mass is 32.1. The molecule has 3 rings (SSSR count). The van der Waals surface area contributed by atoms with Crippen molar-refractivity contribution >= 4 is 37.6 Å². The molecule has 6 heteroatoms. The molecule has 1 aromatic carbocycles. The molecule has 0 atom stereocenters. The summed E-state index contributed by atoms with van der Waals surface area (Å²) in [6.07, 6.45) is 0. The minimum absolute atomic E-state index is 0.167. The molecule has 0 fully saturated rings. The average molecular weight is 288 g/mol. The maximum Gasteiger partial charge on any atom is 0.291 e. The van der Waals surface area contributed by atoms with E-state index in [4.69, 9.17) is 0 Å². The highest BCUT2D eigenvalue weighted by Gasteiger charge is 2.10. The zero-order chi connectivity index (χ0) is 14.1. The number of aromatic nitrogens is 2. The molecule has 0 saturated heterocycles. The molecule has 2 aromatic heterocycles. The van der Waals surface area contributed by atoms with Gasteiger partial charge in [0, 0.05) is 23.2 Å². The van der Waals surface area contributed by atoms with Crippen molar-refractivity contribution in [3.05, 3.63) is 34.6 Å². The molecule has 0 aliphatic heterocycles. The van der Waals surface area contributed by atoms with Crippen LogP contribution in [0.25, 0.3) is 20.4 Å². The molecular weight excluding hydrogens is 272 g/mol. The first-order valence-electron chi connectivity index (χ1n) is 6.45. The van der Waals surface area contributed by atoms with Crippen molar-refractivity contribution in [2.75, 3.05) is 32.5 Å². The Balaban J connectivity index is 2.01. The molecule has 0 radical (unpaired) electrons. The molecule has 0 bridgehead atoms. The van der Waals surface area contributed by atoms with E-state index in [2.05, 4.69) is 20.2 Å². The fraction of sp³-hybridized carbons (Fsp3) is 0.286. The molecule has 2 N–H and O–H groups in total. The van der Waals surface area contributed by atoms with E-state index < -0.39 is 0 Å². The topological polar surface area (TPSA) is 61.0 Å². The van der Waals surface area contributed by atoms with Crippen molar-refractivity contribution in [3.8, 4) is 0 Å². The predicted octanol–water partition coefficient (Wildman–Crippen LogP) is 2.11. The zero-order valence-electron chi connectivity index (χ0n) is 11.4. The monoisotopic (exact) mass is 288 g/mol. The number of nitrogens with zero attached hydrogens (tertiary/aromatic N) is 2. The first-order chi connectivity index (χ1) is 9.65. The summed E-state index contributed by atoms with van der Waals surface area (Å²) in [4.78, 5) is 22.4. The molecule has 104 valence electrons. The molecule has 0 amide bonds. The van der Waals surface area contributed by atoms with E-state index in [0.717, 1.165) is 27.0 Å². The van der Waals surface area contributed by atoms with E-state index in [1.165, 1.54) is 0 Å². The van der Waals surface area contributed by atoms with Crippen LogP contribution in [0.3, 0.4) is 0 Å². The summed E-state index contributed by atoms with van der Waals surface area (Å²) in [5.41, 5.74) is 0.661. The number of anilines is 1. The summed E-state index contributed by atoms with van der Waals surface area (Å²) in [7, 11) is 3.99. The molecule has 2 heterocycles. The lowest BCUT2D eigenvalue weighted by molar-refractivity contribution is 0.425. The quantitative estimate of drug-likeness (QED) is 0.772. The number of hydrogen-bond donors (Lipinski definition) is 2. The van der Waals surface area contributed by atoms with Crippen molar-refractivity contribution in [1.82, 2.24) is 14.9 Å². The van der Waals surface area contributed by atoms with E-state index >= 15 is 0 Å². The fourth-order valence-corrected chi connectivity index (χ4v) is 3.11. The summed E-state index contributed by atoms with van der Waals surface area (Å²) in [6, 6.07) is 8.01. The van der Waals surface area contributed by atoms with E-state index in [1.54, 1.807) is 11.3 Å². The number of nitrogens with one attached hydrogen (secondary N) is 2. The van der Waals surface area contributed by atoms with Gasteiger partial charge in [-0.3, -0.25) is 4.79 Å². The van der Waals surface area contributed by atoms with Crippen molar-refractivity contribution < 1.29 is 0 Å². The first kappa shape index (κ1) is 13.1. The Labute approximate surface area is 120 Å². The van der Waals surface area contributed by atoms with Gasteiger partial charge >= 0.3 is 0 Å². The van der Waals surface area contributed by atoms with Gasteiger partial charge < -0.3 is 15.2 Å². The minimum atomic E-state index is -0.167. The van der Waals surface area contributed by atoms with E-state index in [1.807, 2.05) is 38.4 Å². The van der Waals surface area contributed by atoms with Crippen LogP contribution in [-0.4, -0.2) is 42.1 Å². The molecular formula is C14H16N4OS.